The van der Waals surface area contributed by atoms with E-state index >= 15 is 0 Å². The van der Waals surface area contributed by atoms with Crippen molar-refractivity contribution in [2.24, 2.45) is 0 Å². The average molecular weight is 281 g/mol. The van der Waals surface area contributed by atoms with Crippen molar-refractivity contribution < 1.29 is 23.5 Å². The topological polar surface area (TPSA) is 72.6 Å². The maximum Gasteiger partial charge on any atom is 0.311 e. The Morgan fingerprint density at radius 3 is 2.55 bits per heavy atom. The van der Waals surface area contributed by atoms with Crippen molar-refractivity contribution >= 4 is 5.69 Å². The fourth-order valence-corrected chi connectivity index (χ4v) is 1.56. The first-order valence-electron chi connectivity index (χ1n) is 5.52. The third-order valence-electron chi connectivity index (χ3n) is 2.52. The Hall–Kier alpha value is -2.54. The van der Waals surface area contributed by atoms with E-state index in [0.29, 0.717) is 5.56 Å². The van der Waals surface area contributed by atoms with Gasteiger partial charge in [0.25, 0.3) is 0 Å². The van der Waals surface area contributed by atoms with E-state index in [1.54, 1.807) is 0 Å². The monoisotopic (exact) mass is 281 g/mol. The molecule has 0 aliphatic heterocycles. The summed E-state index contributed by atoms with van der Waals surface area (Å²) < 4.78 is 31.5. The van der Waals surface area contributed by atoms with Gasteiger partial charge in [0.05, 0.1) is 11.5 Å². The van der Waals surface area contributed by atoms with Gasteiger partial charge >= 0.3 is 5.69 Å². The molecule has 104 valence electrons. The number of nitrogens with zero attached hydrogens (tertiary/aromatic N) is 1. The number of rotatable bonds is 4. The number of hydrogen-bond donors (Lipinski definition) is 1. The van der Waals surface area contributed by atoms with Crippen molar-refractivity contribution in [3.05, 3.63) is 63.7 Å². The first-order chi connectivity index (χ1) is 9.51. The quantitative estimate of drug-likeness (QED) is 0.690. The highest BCUT2D eigenvalue weighted by atomic mass is 19.1. The number of aliphatic hydroxyl groups is 1. The first kappa shape index (κ1) is 13.9. The maximum atomic E-state index is 13.4. The van der Waals surface area contributed by atoms with Gasteiger partial charge in [-0.2, -0.15) is 0 Å². The molecule has 0 aromatic heterocycles. The number of halogens is 2. The second kappa shape index (κ2) is 5.62. The zero-order valence-electron chi connectivity index (χ0n) is 10.0. The van der Waals surface area contributed by atoms with E-state index < -0.39 is 28.0 Å². The van der Waals surface area contributed by atoms with Crippen molar-refractivity contribution in [3.63, 3.8) is 0 Å². The Morgan fingerprint density at radius 1 is 1.15 bits per heavy atom. The Kier molecular flexibility index (Phi) is 3.90. The summed E-state index contributed by atoms with van der Waals surface area (Å²) >= 11 is 0. The third-order valence-corrected chi connectivity index (χ3v) is 2.52. The minimum atomic E-state index is -0.841. The van der Waals surface area contributed by atoms with Gasteiger partial charge in [0, 0.05) is 12.1 Å². The summed E-state index contributed by atoms with van der Waals surface area (Å²) in [5, 5.41) is 19.8. The average Bonchev–Trinajstić information content (AvgIpc) is 2.43. The highest BCUT2D eigenvalue weighted by Crippen LogP contribution is 2.33. The van der Waals surface area contributed by atoms with Crippen molar-refractivity contribution in [1.82, 2.24) is 0 Å². The number of aliphatic hydroxyl groups excluding tert-OH is 1. The zero-order valence-corrected chi connectivity index (χ0v) is 10.0. The van der Waals surface area contributed by atoms with Crippen molar-refractivity contribution in [1.29, 1.82) is 0 Å². The summed E-state index contributed by atoms with van der Waals surface area (Å²) in [5.41, 5.74) is -0.135. The molecule has 2 rings (SSSR count). The van der Waals surface area contributed by atoms with Crippen LogP contribution < -0.4 is 4.74 Å². The van der Waals surface area contributed by atoms with E-state index in [1.165, 1.54) is 12.1 Å². The van der Waals surface area contributed by atoms with E-state index in [1.807, 2.05) is 0 Å². The number of ether oxygens (including phenoxy) is 1. The largest absolute Gasteiger partial charge is 0.447 e. The Balaban J connectivity index is 2.42. The van der Waals surface area contributed by atoms with E-state index in [9.17, 15) is 18.9 Å². The molecule has 0 aliphatic rings. The van der Waals surface area contributed by atoms with Crippen LogP contribution in [0.25, 0.3) is 0 Å². The lowest BCUT2D eigenvalue weighted by Gasteiger charge is -2.08. The number of benzene rings is 2. The van der Waals surface area contributed by atoms with Crippen molar-refractivity contribution in [2.45, 2.75) is 6.61 Å². The lowest BCUT2D eigenvalue weighted by atomic mass is 10.2. The summed E-state index contributed by atoms with van der Waals surface area (Å²) in [7, 11) is 0. The van der Waals surface area contributed by atoms with Gasteiger partial charge in [-0.25, -0.2) is 8.78 Å². The summed E-state index contributed by atoms with van der Waals surface area (Å²) in [4.78, 5) is 10.2. The molecule has 0 fully saturated rings. The molecular formula is C13H9F2NO4. The molecule has 0 bridgehead atoms. The second-order valence-electron chi connectivity index (χ2n) is 3.89. The molecule has 2 aromatic rings. The normalized spacial score (nSPS) is 10.3. The molecule has 0 saturated carbocycles. The van der Waals surface area contributed by atoms with Crippen LogP contribution in [0.2, 0.25) is 0 Å². The van der Waals surface area contributed by atoms with Crippen molar-refractivity contribution in [2.75, 3.05) is 0 Å². The van der Waals surface area contributed by atoms with Gasteiger partial charge in [0.1, 0.15) is 5.82 Å². The van der Waals surface area contributed by atoms with E-state index in [0.717, 1.165) is 24.3 Å². The molecule has 0 heterocycles. The van der Waals surface area contributed by atoms with Gasteiger partial charge in [-0.05, 0) is 23.8 Å². The first-order valence-corrected chi connectivity index (χ1v) is 5.52. The minimum Gasteiger partial charge on any atom is -0.447 e. The fourth-order valence-electron chi connectivity index (χ4n) is 1.56. The Morgan fingerprint density at radius 2 is 1.90 bits per heavy atom. The number of hydrogen-bond acceptors (Lipinski definition) is 4. The van der Waals surface area contributed by atoms with Crippen LogP contribution in [-0.2, 0) is 6.61 Å². The van der Waals surface area contributed by atoms with Gasteiger partial charge in [0.15, 0.2) is 11.6 Å². The molecule has 0 aliphatic carbocycles. The zero-order chi connectivity index (χ0) is 14.7. The third kappa shape index (κ3) is 2.89. The van der Waals surface area contributed by atoms with Crippen LogP contribution in [0, 0.1) is 21.7 Å². The van der Waals surface area contributed by atoms with Gasteiger partial charge < -0.3 is 9.84 Å². The molecule has 0 saturated heterocycles. The van der Waals surface area contributed by atoms with Crippen LogP contribution in [0.1, 0.15) is 5.56 Å². The van der Waals surface area contributed by atoms with Crippen LogP contribution >= 0.6 is 0 Å². The molecule has 2 aromatic carbocycles. The highest BCUT2D eigenvalue weighted by molar-refractivity contribution is 5.50. The van der Waals surface area contributed by atoms with Gasteiger partial charge in [0.2, 0.25) is 5.75 Å². The fraction of sp³-hybridized carbons (Fsp3) is 0.0769. The summed E-state index contributed by atoms with van der Waals surface area (Å²) in [6.45, 7) is -0.380. The molecule has 0 atom stereocenters. The number of nitro groups is 1. The molecule has 0 amide bonds. The van der Waals surface area contributed by atoms with Crippen molar-refractivity contribution in [3.8, 4) is 11.5 Å². The van der Waals surface area contributed by atoms with Crippen LogP contribution in [0.4, 0.5) is 14.5 Å². The SMILES string of the molecule is O=[N+]([O-])c1cc(CO)ccc1Oc1cc(F)ccc1F. The predicted molar refractivity (Wildman–Crippen MR) is 65.5 cm³/mol. The predicted octanol–water partition coefficient (Wildman–Crippen LogP) is 3.16. The minimum absolute atomic E-state index is 0.239. The second-order valence-corrected chi connectivity index (χ2v) is 3.89. The van der Waals surface area contributed by atoms with Gasteiger partial charge in [-0.1, -0.05) is 6.07 Å². The summed E-state index contributed by atoms with van der Waals surface area (Å²) in [6.07, 6.45) is 0. The van der Waals surface area contributed by atoms with E-state index in [4.69, 9.17) is 9.84 Å². The Labute approximate surface area is 112 Å². The van der Waals surface area contributed by atoms with Gasteiger partial charge in [-0.15, -0.1) is 0 Å². The molecule has 20 heavy (non-hydrogen) atoms. The lowest BCUT2D eigenvalue weighted by molar-refractivity contribution is -0.385. The Bertz CT molecular complexity index is 661. The van der Waals surface area contributed by atoms with Crippen LogP contribution in [0.3, 0.4) is 0 Å². The molecule has 0 radical (unpaired) electrons. The maximum absolute atomic E-state index is 13.4. The molecular weight excluding hydrogens is 272 g/mol. The lowest BCUT2D eigenvalue weighted by Crippen LogP contribution is -1.97. The summed E-state index contributed by atoms with van der Waals surface area (Å²) in [5.74, 6) is -2.26. The van der Waals surface area contributed by atoms with Gasteiger partial charge in [-0.3, -0.25) is 10.1 Å². The smallest absolute Gasteiger partial charge is 0.311 e. The molecule has 1 N–H and O–H groups in total. The van der Waals surface area contributed by atoms with Crippen LogP contribution in [0.5, 0.6) is 11.5 Å². The van der Waals surface area contributed by atoms with Crippen LogP contribution in [-0.4, -0.2) is 10.0 Å². The van der Waals surface area contributed by atoms with E-state index in [2.05, 4.69) is 0 Å². The molecule has 7 heteroatoms. The molecule has 0 unspecified atom stereocenters. The van der Waals surface area contributed by atoms with Crippen LogP contribution in [0.15, 0.2) is 36.4 Å². The standard InChI is InChI=1S/C13H9F2NO4/c14-9-2-3-10(15)13(6-9)20-12-4-1-8(7-17)5-11(12)16(18)19/h1-6,17H,7H2. The highest BCUT2D eigenvalue weighted by Gasteiger charge is 2.18. The number of nitro benzene ring substituents is 1. The summed E-state index contributed by atoms with van der Waals surface area (Å²) in [6, 6.07) is 6.27. The van der Waals surface area contributed by atoms with E-state index in [-0.39, 0.29) is 12.4 Å². The molecule has 0 spiro atoms. The molecule has 5 nitrogen and oxygen atoms in total.